The van der Waals surface area contributed by atoms with Crippen LogP contribution in [-0.2, 0) is 16.6 Å². The molecule has 0 N–H and O–H groups in total. The minimum Gasteiger partial charge on any atom is -0.361 e. The van der Waals surface area contributed by atoms with Gasteiger partial charge >= 0.3 is 0 Å². The highest BCUT2D eigenvalue weighted by atomic mass is 16.5. The first-order valence-corrected chi connectivity index (χ1v) is 7.89. The van der Waals surface area contributed by atoms with Crippen molar-refractivity contribution in [3.05, 3.63) is 28.7 Å². The van der Waals surface area contributed by atoms with E-state index in [4.69, 9.17) is 9.05 Å². The van der Waals surface area contributed by atoms with Crippen LogP contribution in [0.4, 0.5) is 0 Å². The van der Waals surface area contributed by atoms with Crippen molar-refractivity contribution in [3.8, 4) is 0 Å². The zero-order chi connectivity index (χ0) is 16.6. The average molecular weight is 318 g/mol. The highest BCUT2D eigenvalue weighted by Crippen LogP contribution is 2.33. The third-order valence-electron chi connectivity index (χ3n) is 4.80. The van der Waals surface area contributed by atoms with E-state index in [1.165, 1.54) is 0 Å². The molecule has 0 saturated carbocycles. The molecule has 1 amide bonds. The first-order chi connectivity index (χ1) is 10.9. The molecule has 7 nitrogen and oxygen atoms in total. The van der Waals surface area contributed by atoms with Crippen LogP contribution in [0.2, 0.25) is 0 Å². The van der Waals surface area contributed by atoms with Crippen LogP contribution in [-0.4, -0.2) is 39.2 Å². The van der Waals surface area contributed by atoms with Crippen molar-refractivity contribution in [2.24, 2.45) is 0 Å². The van der Waals surface area contributed by atoms with E-state index in [1.807, 2.05) is 18.7 Å². The van der Waals surface area contributed by atoms with E-state index in [2.05, 4.69) is 22.2 Å². The highest BCUT2D eigenvalue weighted by Gasteiger charge is 2.37. The maximum absolute atomic E-state index is 12.5. The number of carbonyl (C=O) groups is 1. The number of amides is 1. The van der Waals surface area contributed by atoms with Crippen molar-refractivity contribution >= 4 is 5.91 Å². The lowest BCUT2D eigenvalue weighted by Crippen LogP contribution is -2.45. The summed E-state index contributed by atoms with van der Waals surface area (Å²) in [7, 11) is 0. The van der Waals surface area contributed by atoms with E-state index < -0.39 is 0 Å². The molecule has 0 aromatic carbocycles. The molecule has 0 spiro atoms. The van der Waals surface area contributed by atoms with Crippen molar-refractivity contribution in [1.29, 1.82) is 0 Å². The number of carbonyl (C=O) groups excluding carboxylic acids is 1. The van der Waals surface area contributed by atoms with Gasteiger partial charge in [0.1, 0.15) is 5.76 Å². The lowest BCUT2D eigenvalue weighted by Gasteiger charge is -2.37. The lowest BCUT2D eigenvalue weighted by molar-refractivity contribution is -0.132. The Morgan fingerprint density at radius 2 is 1.87 bits per heavy atom. The van der Waals surface area contributed by atoms with Crippen LogP contribution in [0.3, 0.4) is 0 Å². The van der Waals surface area contributed by atoms with E-state index in [0.717, 1.165) is 35.7 Å². The van der Waals surface area contributed by atoms with Gasteiger partial charge in [0, 0.05) is 31.0 Å². The quantitative estimate of drug-likeness (QED) is 0.861. The monoisotopic (exact) mass is 318 g/mol. The van der Waals surface area contributed by atoms with E-state index >= 15 is 0 Å². The van der Waals surface area contributed by atoms with Crippen LogP contribution in [0.15, 0.2) is 9.05 Å². The second-order valence-corrected chi connectivity index (χ2v) is 6.56. The maximum atomic E-state index is 12.5. The Hall–Kier alpha value is -2.18. The van der Waals surface area contributed by atoms with Crippen molar-refractivity contribution in [1.82, 2.24) is 20.2 Å². The maximum Gasteiger partial charge on any atom is 0.227 e. The van der Waals surface area contributed by atoms with Gasteiger partial charge in [-0.25, -0.2) is 0 Å². The van der Waals surface area contributed by atoms with Crippen LogP contribution in [0.1, 0.15) is 48.5 Å². The molecule has 3 heterocycles. The van der Waals surface area contributed by atoms with Crippen LogP contribution in [0, 0.1) is 20.8 Å². The lowest BCUT2D eigenvalue weighted by atomic mass is 9.79. The molecule has 2 aromatic rings. The fourth-order valence-electron chi connectivity index (χ4n) is 3.03. The van der Waals surface area contributed by atoms with Crippen molar-refractivity contribution in [3.63, 3.8) is 0 Å². The molecule has 23 heavy (non-hydrogen) atoms. The summed E-state index contributed by atoms with van der Waals surface area (Å²) in [6, 6.07) is 0. The first kappa shape index (κ1) is 15.7. The van der Waals surface area contributed by atoms with Crippen LogP contribution in [0.25, 0.3) is 0 Å². The summed E-state index contributed by atoms with van der Waals surface area (Å²) in [4.78, 5) is 18.8. The Kier molecular flexibility index (Phi) is 3.95. The van der Waals surface area contributed by atoms with Crippen molar-refractivity contribution < 1.29 is 13.8 Å². The molecular weight excluding hydrogens is 296 g/mol. The number of aromatic nitrogens is 3. The minimum atomic E-state index is -0.127. The predicted octanol–water partition coefficient (Wildman–Crippen LogP) is 2.11. The number of piperidine rings is 1. The zero-order valence-corrected chi connectivity index (χ0v) is 14.0. The van der Waals surface area contributed by atoms with Gasteiger partial charge < -0.3 is 13.9 Å². The van der Waals surface area contributed by atoms with Gasteiger partial charge in [0.2, 0.25) is 11.8 Å². The van der Waals surface area contributed by atoms with Crippen molar-refractivity contribution in [2.75, 3.05) is 13.1 Å². The fraction of sp³-hybridized carbons (Fsp3) is 0.625. The Bertz CT molecular complexity index is 691. The SMILES string of the molecule is Cc1nc(C2(C)CCN(C(=O)Cc3c(C)noc3C)CC2)no1. The molecule has 2 aromatic heterocycles. The van der Waals surface area contributed by atoms with E-state index in [9.17, 15) is 4.79 Å². The molecule has 1 aliphatic rings. The molecule has 124 valence electrons. The summed E-state index contributed by atoms with van der Waals surface area (Å²) >= 11 is 0. The molecule has 0 bridgehead atoms. The molecule has 3 rings (SSSR count). The Morgan fingerprint density at radius 1 is 1.17 bits per heavy atom. The summed E-state index contributed by atoms with van der Waals surface area (Å²) in [6.07, 6.45) is 2.01. The Balaban J connectivity index is 1.63. The number of likely N-dealkylation sites (tertiary alicyclic amines) is 1. The van der Waals surface area contributed by atoms with E-state index in [-0.39, 0.29) is 11.3 Å². The van der Waals surface area contributed by atoms with Crippen LogP contribution in [0.5, 0.6) is 0 Å². The second-order valence-electron chi connectivity index (χ2n) is 6.56. The minimum absolute atomic E-state index is 0.116. The standard InChI is InChI=1S/C16H22N4O3/c1-10-13(11(2)22-18-10)9-14(21)20-7-5-16(4,6-8-20)15-17-12(3)23-19-15/h5-9H2,1-4H3. The summed E-state index contributed by atoms with van der Waals surface area (Å²) in [5.41, 5.74) is 1.56. The van der Waals surface area contributed by atoms with Gasteiger partial charge in [-0.05, 0) is 26.7 Å². The highest BCUT2D eigenvalue weighted by molar-refractivity contribution is 5.79. The third-order valence-corrected chi connectivity index (χ3v) is 4.80. The summed E-state index contributed by atoms with van der Waals surface area (Å²) in [5, 5.41) is 7.96. The Labute approximate surface area is 135 Å². The van der Waals surface area contributed by atoms with Gasteiger partial charge in [-0.1, -0.05) is 17.2 Å². The van der Waals surface area contributed by atoms with Gasteiger partial charge in [-0.3, -0.25) is 4.79 Å². The van der Waals surface area contributed by atoms with Crippen LogP contribution < -0.4 is 0 Å². The topological polar surface area (TPSA) is 85.3 Å². The van der Waals surface area contributed by atoms with Gasteiger partial charge in [0.15, 0.2) is 5.82 Å². The number of rotatable bonds is 3. The molecule has 1 saturated heterocycles. The molecule has 0 radical (unpaired) electrons. The summed E-state index contributed by atoms with van der Waals surface area (Å²) < 4.78 is 10.2. The molecule has 0 unspecified atom stereocenters. The van der Waals surface area contributed by atoms with E-state index in [1.54, 1.807) is 6.92 Å². The summed E-state index contributed by atoms with van der Waals surface area (Å²) in [5.74, 6) is 2.16. The number of hydrogen-bond acceptors (Lipinski definition) is 6. The number of nitrogens with zero attached hydrogens (tertiary/aromatic N) is 4. The Morgan fingerprint density at radius 3 is 2.39 bits per heavy atom. The van der Waals surface area contributed by atoms with Gasteiger partial charge in [-0.15, -0.1) is 0 Å². The second kappa shape index (κ2) is 5.79. The molecule has 0 aliphatic carbocycles. The third kappa shape index (κ3) is 3.00. The number of aryl methyl sites for hydroxylation is 3. The van der Waals surface area contributed by atoms with Crippen LogP contribution >= 0.6 is 0 Å². The van der Waals surface area contributed by atoms with E-state index in [0.29, 0.717) is 25.4 Å². The predicted molar refractivity (Wildman–Crippen MR) is 81.9 cm³/mol. The molecular formula is C16H22N4O3. The summed E-state index contributed by atoms with van der Waals surface area (Å²) in [6.45, 7) is 9.04. The molecule has 0 atom stereocenters. The fourth-order valence-corrected chi connectivity index (χ4v) is 3.03. The smallest absolute Gasteiger partial charge is 0.227 e. The van der Waals surface area contributed by atoms with Gasteiger partial charge in [-0.2, -0.15) is 4.98 Å². The first-order valence-electron chi connectivity index (χ1n) is 7.89. The average Bonchev–Trinajstić information content (AvgIpc) is 3.09. The normalized spacial score (nSPS) is 17.5. The largest absolute Gasteiger partial charge is 0.361 e. The van der Waals surface area contributed by atoms with Gasteiger partial charge in [0.25, 0.3) is 0 Å². The van der Waals surface area contributed by atoms with Crippen molar-refractivity contribution in [2.45, 2.75) is 52.4 Å². The molecule has 1 fully saturated rings. The molecule has 7 heteroatoms. The molecule has 1 aliphatic heterocycles. The number of hydrogen-bond donors (Lipinski definition) is 0. The van der Waals surface area contributed by atoms with Gasteiger partial charge in [0.05, 0.1) is 12.1 Å². The zero-order valence-electron chi connectivity index (χ0n) is 14.0.